The molecule has 0 aromatic rings. The molecule has 0 bridgehead atoms. The third kappa shape index (κ3) is 54.5. The Kier molecular flexibility index (Phi) is 53.5. The maximum absolute atomic E-state index is 12.8. The number of rotatable bonds is 49. The van der Waals surface area contributed by atoms with Crippen LogP contribution < -0.4 is 0 Å². The van der Waals surface area contributed by atoms with Gasteiger partial charge in [0.2, 0.25) is 0 Å². The number of ether oxygens (including phenoxy) is 3. The van der Waals surface area contributed by atoms with Crippen molar-refractivity contribution in [3.8, 4) is 0 Å². The highest BCUT2D eigenvalue weighted by molar-refractivity contribution is 5.71. The third-order valence-corrected chi connectivity index (χ3v) is 11.4. The number of hydrogen-bond donors (Lipinski definition) is 0. The SMILES string of the molecule is CC/C=C\C/C=C\C/C=C\C/C=C\C/C=C\C/C=C\C/C=C\CCCC(=O)OCC(COC(=O)CCCCCCCC)OC(=O)CCCCCCCCCCCC/C=C\C/C=C\C/C=C\C/C=C\CC. The first kappa shape index (κ1) is 65.5. The highest BCUT2D eigenvalue weighted by Crippen LogP contribution is 2.14. The summed E-state index contributed by atoms with van der Waals surface area (Å²) < 4.78 is 16.7. The highest BCUT2D eigenvalue weighted by Gasteiger charge is 2.19. The van der Waals surface area contributed by atoms with Crippen LogP contribution in [0.15, 0.2) is 134 Å². The molecule has 0 aromatic carbocycles. The average molecular weight is 968 g/mol. The van der Waals surface area contributed by atoms with Gasteiger partial charge in [0.15, 0.2) is 6.10 Å². The normalized spacial score (nSPS) is 13.1. The van der Waals surface area contributed by atoms with Gasteiger partial charge in [-0.1, -0.05) is 238 Å². The van der Waals surface area contributed by atoms with Crippen LogP contribution in [0.3, 0.4) is 0 Å². The zero-order valence-corrected chi connectivity index (χ0v) is 45.0. The first-order valence-corrected chi connectivity index (χ1v) is 28.2. The van der Waals surface area contributed by atoms with Gasteiger partial charge in [0.25, 0.3) is 0 Å². The van der Waals surface area contributed by atoms with Gasteiger partial charge < -0.3 is 14.2 Å². The van der Waals surface area contributed by atoms with E-state index in [9.17, 15) is 14.4 Å². The highest BCUT2D eigenvalue weighted by atomic mass is 16.6. The van der Waals surface area contributed by atoms with Crippen LogP contribution in [0.4, 0.5) is 0 Å². The van der Waals surface area contributed by atoms with E-state index in [0.717, 1.165) is 116 Å². The molecule has 6 heteroatoms. The summed E-state index contributed by atoms with van der Waals surface area (Å²) in [5.41, 5.74) is 0. The number of unbranched alkanes of at least 4 members (excludes halogenated alkanes) is 16. The lowest BCUT2D eigenvalue weighted by Crippen LogP contribution is -2.30. The molecule has 0 aliphatic heterocycles. The van der Waals surface area contributed by atoms with Crippen molar-refractivity contribution < 1.29 is 28.6 Å². The van der Waals surface area contributed by atoms with Crippen molar-refractivity contribution in [3.05, 3.63) is 134 Å². The topological polar surface area (TPSA) is 78.9 Å². The lowest BCUT2D eigenvalue weighted by molar-refractivity contribution is -0.167. The molecule has 70 heavy (non-hydrogen) atoms. The van der Waals surface area contributed by atoms with Crippen LogP contribution in [-0.2, 0) is 28.6 Å². The Hall–Kier alpha value is -4.45. The van der Waals surface area contributed by atoms with Gasteiger partial charge in [-0.05, 0) is 109 Å². The summed E-state index contributed by atoms with van der Waals surface area (Å²) >= 11 is 0. The molecule has 0 radical (unpaired) electrons. The number of hydrogen-bond acceptors (Lipinski definition) is 6. The van der Waals surface area contributed by atoms with E-state index in [1.807, 2.05) is 0 Å². The largest absolute Gasteiger partial charge is 0.462 e. The minimum atomic E-state index is -0.805. The van der Waals surface area contributed by atoms with E-state index < -0.39 is 6.10 Å². The van der Waals surface area contributed by atoms with Crippen LogP contribution in [0.5, 0.6) is 0 Å². The molecule has 394 valence electrons. The lowest BCUT2D eigenvalue weighted by Gasteiger charge is -2.18. The first-order valence-electron chi connectivity index (χ1n) is 28.2. The van der Waals surface area contributed by atoms with Gasteiger partial charge in [-0.25, -0.2) is 0 Å². The zero-order valence-electron chi connectivity index (χ0n) is 45.0. The predicted molar refractivity (Wildman–Crippen MR) is 302 cm³/mol. The van der Waals surface area contributed by atoms with Crippen LogP contribution >= 0.6 is 0 Å². The Balaban J connectivity index is 4.29. The van der Waals surface area contributed by atoms with Crippen LogP contribution in [0.1, 0.15) is 233 Å². The average Bonchev–Trinajstić information content (AvgIpc) is 3.36. The number of allylic oxidation sites excluding steroid dienone is 22. The van der Waals surface area contributed by atoms with Crippen LogP contribution in [0, 0.1) is 0 Å². The molecule has 0 N–H and O–H groups in total. The van der Waals surface area contributed by atoms with Crippen LogP contribution in [-0.4, -0.2) is 37.2 Å². The van der Waals surface area contributed by atoms with Crippen molar-refractivity contribution in [2.75, 3.05) is 13.2 Å². The summed E-state index contributed by atoms with van der Waals surface area (Å²) in [6.07, 6.45) is 80.5. The summed E-state index contributed by atoms with van der Waals surface area (Å²) in [6.45, 7) is 6.29. The fraction of sp³-hybridized carbons (Fsp3) is 0.609. The molecule has 0 aliphatic rings. The van der Waals surface area contributed by atoms with Crippen molar-refractivity contribution in [2.45, 2.75) is 239 Å². The molecule has 0 spiro atoms. The molecule has 6 nitrogen and oxygen atoms in total. The maximum Gasteiger partial charge on any atom is 0.306 e. The van der Waals surface area contributed by atoms with Gasteiger partial charge in [0, 0.05) is 19.3 Å². The molecule has 0 saturated carbocycles. The molecule has 1 unspecified atom stereocenters. The van der Waals surface area contributed by atoms with Gasteiger partial charge in [-0.15, -0.1) is 0 Å². The van der Waals surface area contributed by atoms with Gasteiger partial charge >= 0.3 is 17.9 Å². The molecule has 0 heterocycles. The smallest absolute Gasteiger partial charge is 0.306 e. The van der Waals surface area contributed by atoms with E-state index in [1.54, 1.807) is 0 Å². The van der Waals surface area contributed by atoms with E-state index in [-0.39, 0.29) is 37.5 Å². The monoisotopic (exact) mass is 967 g/mol. The number of carbonyl (C=O) groups is 3. The Labute approximate surface area is 430 Å². The Morgan fingerprint density at radius 2 is 0.571 bits per heavy atom. The summed E-state index contributed by atoms with van der Waals surface area (Å²) in [5, 5.41) is 0. The molecule has 0 aromatic heterocycles. The molecule has 0 saturated heterocycles. The second-order valence-electron chi connectivity index (χ2n) is 18.1. The summed E-state index contributed by atoms with van der Waals surface area (Å²) in [4.78, 5) is 37.9. The van der Waals surface area contributed by atoms with Crippen molar-refractivity contribution >= 4 is 17.9 Å². The molecular weight excluding hydrogens is 865 g/mol. The van der Waals surface area contributed by atoms with E-state index in [1.165, 1.54) is 70.6 Å². The molecule has 0 amide bonds. The summed E-state index contributed by atoms with van der Waals surface area (Å²) in [7, 11) is 0. The Morgan fingerprint density at radius 1 is 0.300 bits per heavy atom. The van der Waals surface area contributed by atoms with Crippen molar-refractivity contribution in [1.29, 1.82) is 0 Å². The minimum absolute atomic E-state index is 0.102. The predicted octanol–water partition coefficient (Wildman–Crippen LogP) is 19.0. The quantitative estimate of drug-likeness (QED) is 0.0262. The fourth-order valence-corrected chi connectivity index (χ4v) is 7.24. The fourth-order valence-electron chi connectivity index (χ4n) is 7.24. The summed E-state index contributed by atoms with van der Waals surface area (Å²) in [6, 6.07) is 0. The molecule has 0 aliphatic carbocycles. The second kappa shape index (κ2) is 57.1. The van der Waals surface area contributed by atoms with E-state index in [4.69, 9.17) is 14.2 Å². The van der Waals surface area contributed by atoms with E-state index in [2.05, 4.69) is 154 Å². The van der Waals surface area contributed by atoms with Crippen molar-refractivity contribution in [1.82, 2.24) is 0 Å². The molecule has 0 rings (SSSR count). The lowest BCUT2D eigenvalue weighted by atomic mass is 10.0. The minimum Gasteiger partial charge on any atom is -0.462 e. The van der Waals surface area contributed by atoms with Crippen LogP contribution in [0.25, 0.3) is 0 Å². The Bertz CT molecular complexity index is 1530. The van der Waals surface area contributed by atoms with Gasteiger partial charge in [-0.2, -0.15) is 0 Å². The third-order valence-electron chi connectivity index (χ3n) is 11.4. The summed E-state index contributed by atoms with van der Waals surface area (Å²) in [5.74, 6) is -0.984. The van der Waals surface area contributed by atoms with E-state index >= 15 is 0 Å². The van der Waals surface area contributed by atoms with Crippen molar-refractivity contribution in [3.63, 3.8) is 0 Å². The molecule has 0 fully saturated rings. The number of carbonyl (C=O) groups excluding carboxylic acids is 3. The van der Waals surface area contributed by atoms with Gasteiger partial charge in [-0.3, -0.25) is 14.4 Å². The van der Waals surface area contributed by atoms with Crippen LogP contribution in [0.2, 0.25) is 0 Å². The van der Waals surface area contributed by atoms with Gasteiger partial charge in [0.1, 0.15) is 13.2 Å². The molecular formula is C64H102O6. The van der Waals surface area contributed by atoms with Gasteiger partial charge in [0.05, 0.1) is 0 Å². The second-order valence-corrected chi connectivity index (χ2v) is 18.1. The number of esters is 3. The first-order chi connectivity index (χ1) is 34.5. The zero-order chi connectivity index (χ0) is 50.7. The van der Waals surface area contributed by atoms with Crippen molar-refractivity contribution in [2.24, 2.45) is 0 Å². The van der Waals surface area contributed by atoms with E-state index in [0.29, 0.717) is 19.3 Å². The standard InChI is InChI=1S/C64H102O6/c1-4-7-10-13-16-18-20-22-24-26-28-30-32-34-36-38-40-42-44-46-48-51-54-57-63(66)69-60-61(59-68-62(65)56-53-50-15-12-9-6-3)70-64(67)58-55-52-49-47-45-43-41-39-37-35-33-31-29-27-25-23-21-19-17-14-11-8-5-2/h7-8,10-11,16-19,22-25,28-31,34,36,40,42,46,48,61H,4-6,9,12-15,20-21,26-27,32-33,35,37-39,41,43-45,47,49-60H2,1-3H3/b10-7-,11-8-,18-16-,19-17-,24-22-,25-23-,30-28-,31-29-,36-34-,42-40-,48-46-. The maximum atomic E-state index is 12.8. The molecule has 1 atom stereocenters. The Morgan fingerprint density at radius 3 is 0.929 bits per heavy atom.